The summed E-state index contributed by atoms with van der Waals surface area (Å²) in [4.78, 5) is 4.30. The van der Waals surface area contributed by atoms with Gasteiger partial charge in [-0.15, -0.1) is 0 Å². The molecule has 140 valence electrons. The van der Waals surface area contributed by atoms with Crippen LogP contribution in [0.1, 0.15) is 44.6 Å². The molecule has 0 radical (unpaired) electrons. The van der Waals surface area contributed by atoms with Crippen molar-refractivity contribution < 1.29 is 9.13 Å². The number of nitrogens with one attached hydrogen (secondary N) is 2. The molecule has 0 heterocycles. The lowest BCUT2D eigenvalue weighted by atomic mass is 9.83. The van der Waals surface area contributed by atoms with Gasteiger partial charge in [0.05, 0.1) is 0 Å². The molecule has 0 aromatic heterocycles. The first-order chi connectivity index (χ1) is 12.2. The standard InChI is InChI=1S/C20H32FN3O/c1-3-25-15-13-20(11-6-7-12-20)16-24-19(22-2)23-14-10-17-8-4-5-9-18(17)21/h4-5,8-9H,3,6-7,10-16H2,1-2H3,(H2,22,23,24). The topological polar surface area (TPSA) is 45.6 Å². The fraction of sp³-hybridized carbons (Fsp3) is 0.650. The van der Waals surface area contributed by atoms with Crippen LogP contribution in [0.15, 0.2) is 29.3 Å². The first kappa shape index (κ1) is 19.7. The van der Waals surface area contributed by atoms with Gasteiger partial charge in [0.1, 0.15) is 5.82 Å². The van der Waals surface area contributed by atoms with E-state index < -0.39 is 0 Å². The normalized spacial score (nSPS) is 16.8. The van der Waals surface area contributed by atoms with E-state index in [1.807, 2.05) is 19.1 Å². The van der Waals surface area contributed by atoms with Gasteiger partial charge in [0, 0.05) is 33.4 Å². The van der Waals surface area contributed by atoms with Crippen LogP contribution >= 0.6 is 0 Å². The summed E-state index contributed by atoms with van der Waals surface area (Å²) >= 11 is 0. The van der Waals surface area contributed by atoms with Crippen molar-refractivity contribution in [1.82, 2.24) is 10.6 Å². The van der Waals surface area contributed by atoms with Crippen molar-refractivity contribution in [2.24, 2.45) is 10.4 Å². The molecule has 0 saturated heterocycles. The third-order valence-electron chi connectivity index (χ3n) is 5.14. The summed E-state index contributed by atoms with van der Waals surface area (Å²) in [5.74, 6) is 0.645. The van der Waals surface area contributed by atoms with Gasteiger partial charge in [0.15, 0.2) is 5.96 Å². The number of nitrogens with zero attached hydrogens (tertiary/aromatic N) is 1. The highest BCUT2D eigenvalue weighted by Gasteiger charge is 2.33. The van der Waals surface area contributed by atoms with E-state index in [1.54, 1.807) is 13.1 Å². The van der Waals surface area contributed by atoms with Crippen LogP contribution in [0.2, 0.25) is 0 Å². The van der Waals surface area contributed by atoms with Crippen LogP contribution in [-0.2, 0) is 11.2 Å². The summed E-state index contributed by atoms with van der Waals surface area (Å²) < 4.78 is 19.2. The Labute approximate surface area is 151 Å². The van der Waals surface area contributed by atoms with Gasteiger partial charge in [-0.25, -0.2) is 4.39 Å². The second-order valence-electron chi connectivity index (χ2n) is 6.85. The third kappa shape index (κ3) is 6.31. The van der Waals surface area contributed by atoms with Crippen LogP contribution < -0.4 is 10.6 Å². The average molecular weight is 349 g/mol. The zero-order valence-corrected chi connectivity index (χ0v) is 15.6. The zero-order chi connectivity index (χ0) is 18.0. The van der Waals surface area contributed by atoms with Crippen LogP contribution in [0.3, 0.4) is 0 Å². The van der Waals surface area contributed by atoms with Gasteiger partial charge in [-0.2, -0.15) is 0 Å². The zero-order valence-electron chi connectivity index (χ0n) is 15.6. The summed E-state index contributed by atoms with van der Waals surface area (Å²) in [6.45, 7) is 5.23. The Morgan fingerprint density at radius 2 is 2.00 bits per heavy atom. The van der Waals surface area contributed by atoms with Crippen LogP contribution in [0.4, 0.5) is 4.39 Å². The van der Waals surface area contributed by atoms with E-state index >= 15 is 0 Å². The number of guanidine groups is 1. The number of halogens is 1. The molecule has 1 fully saturated rings. The SMILES string of the molecule is CCOCCC1(CNC(=NC)NCCc2ccccc2F)CCCC1. The minimum Gasteiger partial charge on any atom is -0.382 e. The van der Waals surface area contributed by atoms with Gasteiger partial charge in [-0.3, -0.25) is 4.99 Å². The van der Waals surface area contributed by atoms with Crippen molar-refractivity contribution in [1.29, 1.82) is 0 Å². The molecule has 0 spiro atoms. The molecule has 0 unspecified atom stereocenters. The van der Waals surface area contributed by atoms with Crippen molar-refractivity contribution in [3.63, 3.8) is 0 Å². The van der Waals surface area contributed by atoms with Crippen molar-refractivity contribution in [3.05, 3.63) is 35.6 Å². The molecule has 0 amide bonds. The predicted octanol–water partition coefficient (Wildman–Crippen LogP) is 3.52. The van der Waals surface area contributed by atoms with E-state index in [0.717, 1.165) is 37.7 Å². The lowest BCUT2D eigenvalue weighted by Crippen LogP contribution is -2.44. The van der Waals surface area contributed by atoms with Gasteiger partial charge in [-0.1, -0.05) is 31.0 Å². The van der Waals surface area contributed by atoms with Crippen molar-refractivity contribution in [3.8, 4) is 0 Å². The molecule has 1 aliphatic rings. The van der Waals surface area contributed by atoms with Gasteiger partial charge in [0.2, 0.25) is 0 Å². The molecule has 0 aliphatic heterocycles. The van der Waals surface area contributed by atoms with Gasteiger partial charge < -0.3 is 15.4 Å². The van der Waals surface area contributed by atoms with Crippen molar-refractivity contribution >= 4 is 5.96 Å². The van der Waals surface area contributed by atoms with E-state index in [9.17, 15) is 4.39 Å². The molecule has 5 heteroatoms. The van der Waals surface area contributed by atoms with Crippen LogP contribution in [0, 0.1) is 11.2 Å². The van der Waals surface area contributed by atoms with Gasteiger partial charge >= 0.3 is 0 Å². The highest BCUT2D eigenvalue weighted by Crippen LogP contribution is 2.40. The summed E-state index contributed by atoms with van der Waals surface area (Å²) in [6.07, 6.45) is 6.84. The molecule has 1 aliphatic carbocycles. The monoisotopic (exact) mass is 349 g/mol. The maximum atomic E-state index is 13.7. The lowest BCUT2D eigenvalue weighted by Gasteiger charge is -2.30. The number of ether oxygens (including phenoxy) is 1. The minimum atomic E-state index is -0.145. The second kappa shape index (κ2) is 10.4. The summed E-state index contributed by atoms with van der Waals surface area (Å²) in [6, 6.07) is 6.92. The molecule has 0 bridgehead atoms. The molecular formula is C20H32FN3O. The molecule has 4 nitrogen and oxygen atoms in total. The lowest BCUT2D eigenvalue weighted by molar-refractivity contribution is 0.105. The quantitative estimate of drug-likeness (QED) is 0.407. The minimum absolute atomic E-state index is 0.145. The molecular weight excluding hydrogens is 317 g/mol. The van der Waals surface area contributed by atoms with Gasteiger partial charge in [-0.05, 0) is 49.7 Å². The van der Waals surface area contributed by atoms with Crippen LogP contribution in [0.25, 0.3) is 0 Å². The highest BCUT2D eigenvalue weighted by molar-refractivity contribution is 5.79. The smallest absolute Gasteiger partial charge is 0.191 e. The fourth-order valence-corrected chi connectivity index (χ4v) is 3.58. The molecule has 0 atom stereocenters. The first-order valence-corrected chi connectivity index (χ1v) is 9.45. The summed E-state index contributed by atoms with van der Waals surface area (Å²) in [7, 11) is 1.78. The number of hydrogen-bond acceptors (Lipinski definition) is 2. The van der Waals surface area contributed by atoms with Crippen molar-refractivity contribution in [2.75, 3.05) is 33.4 Å². The van der Waals surface area contributed by atoms with E-state index in [-0.39, 0.29) is 5.82 Å². The largest absolute Gasteiger partial charge is 0.382 e. The maximum Gasteiger partial charge on any atom is 0.191 e. The summed E-state index contributed by atoms with van der Waals surface area (Å²) in [5, 5.41) is 6.76. The number of rotatable bonds is 9. The fourth-order valence-electron chi connectivity index (χ4n) is 3.58. The molecule has 2 rings (SSSR count). The Kier molecular flexibility index (Phi) is 8.19. The van der Waals surface area contributed by atoms with Gasteiger partial charge in [0.25, 0.3) is 0 Å². The van der Waals surface area contributed by atoms with E-state index in [2.05, 4.69) is 15.6 Å². The average Bonchev–Trinajstić information content (AvgIpc) is 3.09. The Balaban J connectivity index is 1.77. The molecule has 1 aromatic rings. The Bertz CT molecular complexity index is 541. The third-order valence-corrected chi connectivity index (χ3v) is 5.14. The Hall–Kier alpha value is -1.62. The first-order valence-electron chi connectivity index (χ1n) is 9.45. The van der Waals surface area contributed by atoms with E-state index in [4.69, 9.17) is 4.74 Å². The van der Waals surface area contributed by atoms with E-state index in [1.165, 1.54) is 31.7 Å². The van der Waals surface area contributed by atoms with E-state index in [0.29, 0.717) is 18.4 Å². The molecule has 1 aromatic carbocycles. The second-order valence-corrected chi connectivity index (χ2v) is 6.85. The predicted molar refractivity (Wildman–Crippen MR) is 101 cm³/mol. The number of aliphatic imine (C=N–C) groups is 1. The van der Waals surface area contributed by atoms with Crippen LogP contribution in [-0.4, -0.2) is 39.3 Å². The molecule has 1 saturated carbocycles. The van der Waals surface area contributed by atoms with Crippen LogP contribution in [0.5, 0.6) is 0 Å². The summed E-state index contributed by atoms with van der Waals surface area (Å²) in [5.41, 5.74) is 1.05. The maximum absolute atomic E-state index is 13.7. The Morgan fingerprint density at radius 3 is 2.68 bits per heavy atom. The highest BCUT2D eigenvalue weighted by atomic mass is 19.1. The number of benzene rings is 1. The Morgan fingerprint density at radius 1 is 1.24 bits per heavy atom. The van der Waals surface area contributed by atoms with Crippen molar-refractivity contribution in [2.45, 2.75) is 45.4 Å². The molecule has 2 N–H and O–H groups in total. The molecule has 25 heavy (non-hydrogen) atoms. The number of hydrogen-bond donors (Lipinski definition) is 2.